The number of hydrogen-bond acceptors (Lipinski definition) is 3. The Morgan fingerprint density at radius 2 is 2.32 bits per heavy atom. The summed E-state index contributed by atoms with van der Waals surface area (Å²) in [6.45, 7) is 1.24. The van der Waals surface area contributed by atoms with Crippen LogP contribution < -0.4 is 10.6 Å². The van der Waals surface area contributed by atoms with Gasteiger partial charge in [0.1, 0.15) is 5.84 Å². The first kappa shape index (κ1) is 14.3. The second-order valence-electron chi connectivity index (χ2n) is 4.93. The van der Waals surface area contributed by atoms with Crippen molar-refractivity contribution in [3.8, 4) is 0 Å². The summed E-state index contributed by atoms with van der Waals surface area (Å²) in [7, 11) is 0. The fourth-order valence-corrected chi connectivity index (χ4v) is 3.12. The number of nitrogens with zero attached hydrogens (tertiary/aromatic N) is 1. The first-order valence-corrected chi connectivity index (χ1v) is 7.44. The van der Waals surface area contributed by atoms with Crippen LogP contribution in [-0.2, 0) is 0 Å². The van der Waals surface area contributed by atoms with Crippen molar-refractivity contribution in [2.24, 2.45) is 5.73 Å². The number of amidine groups is 1. The molecule has 1 aromatic rings. The molecule has 1 unspecified atom stereocenters. The summed E-state index contributed by atoms with van der Waals surface area (Å²) >= 11 is 3.43. The molecule has 0 aliphatic carbocycles. The number of aliphatic hydroxyl groups excluding tert-OH is 1. The average Bonchev–Trinajstić information content (AvgIpc) is 2.84. The second kappa shape index (κ2) is 6.39. The quantitative estimate of drug-likeness (QED) is 0.575. The van der Waals surface area contributed by atoms with E-state index in [1.807, 2.05) is 18.2 Å². The molecule has 19 heavy (non-hydrogen) atoms. The first-order chi connectivity index (χ1) is 9.13. The van der Waals surface area contributed by atoms with Gasteiger partial charge in [0.2, 0.25) is 0 Å². The average molecular weight is 326 g/mol. The van der Waals surface area contributed by atoms with Gasteiger partial charge in [-0.1, -0.05) is 15.9 Å². The summed E-state index contributed by atoms with van der Waals surface area (Å²) in [5.74, 6) is 0.101. The lowest BCUT2D eigenvalue weighted by Gasteiger charge is -2.28. The molecule has 1 atom stereocenters. The molecule has 1 aliphatic heterocycles. The van der Waals surface area contributed by atoms with Crippen LogP contribution in [0.1, 0.15) is 31.2 Å². The lowest BCUT2D eigenvalue weighted by molar-refractivity contribution is 0.279. The Bertz CT molecular complexity index is 464. The van der Waals surface area contributed by atoms with Crippen LogP contribution in [0.25, 0.3) is 0 Å². The Balaban J connectivity index is 2.27. The van der Waals surface area contributed by atoms with Crippen molar-refractivity contribution < 1.29 is 5.11 Å². The van der Waals surface area contributed by atoms with E-state index in [0.29, 0.717) is 6.04 Å². The number of benzene rings is 1. The standard InChI is InChI=1S/C14H20BrN3O/c15-10-5-6-13(12(9-10)14(16)17)18-7-1-3-11(18)4-2-8-19/h5-6,9,11,19H,1-4,7-8H2,(H3,16,17). The summed E-state index contributed by atoms with van der Waals surface area (Å²) < 4.78 is 0.938. The van der Waals surface area contributed by atoms with Gasteiger partial charge in [-0.2, -0.15) is 0 Å². The van der Waals surface area contributed by atoms with Gasteiger partial charge in [-0.3, -0.25) is 5.41 Å². The van der Waals surface area contributed by atoms with Gasteiger partial charge >= 0.3 is 0 Å². The van der Waals surface area contributed by atoms with Crippen LogP contribution in [0.5, 0.6) is 0 Å². The minimum Gasteiger partial charge on any atom is -0.396 e. The molecule has 0 aromatic heterocycles. The van der Waals surface area contributed by atoms with Crippen LogP contribution in [0.4, 0.5) is 5.69 Å². The zero-order chi connectivity index (χ0) is 13.8. The number of anilines is 1. The van der Waals surface area contributed by atoms with Crippen molar-refractivity contribution in [3.63, 3.8) is 0 Å². The number of halogens is 1. The van der Waals surface area contributed by atoms with Crippen molar-refractivity contribution in [1.82, 2.24) is 0 Å². The topological polar surface area (TPSA) is 73.3 Å². The van der Waals surface area contributed by atoms with Crippen molar-refractivity contribution in [1.29, 1.82) is 5.41 Å². The highest BCUT2D eigenvalue weighted by Crippen LogP contribution is 2.32. The molecule has 4 nitrogen and oxygen atoms in total. The van der Waals surface area contributed by atoms with Crippen LogP contribution >= 0.6 is 15.9 Å². The maximum Gasteiger partial charge on any atom is 0.124 e. The van der Waals surface area contributed by atoms with Crippen LogP contribution in [0.15, 0.2) is 22.7 Å². The lowest BCUT2D eigenvalue weighted by Crippen LogP contribution is -2.31. The molecule has 0 saturated carbocycles. The highest BCUT2D eigenvalue weighted by Gasteiger charge is 2.26. The van der Waals surface area contributed by atoms with Crippen molar-refractivity contribution in [2.45, 2.75) is 31.7 Å². The minimum atomic E-state index is 0.101. The van der Waals surface area contributed by atoms with E-state index in [1.165, 1.54) is 0 Å². The Morgan fingerprint density at radius 1 is 1.53 bits per heavy atom. The zero-order valence-electron chi connectivity index (χ0n) is 10.9. The molecular weight excluding hydrogens is 306 g/mol. The maximum atomic E-state index is 8.98. The predicted molar refractivity (Wildman–Crippen MR) is 81.8 cm³/mol. The number of nitrogen functional groups attached to an aromatic ring is 1. The molecule has 2 rings (SSSR count). The minimum absolute atomic E-state index is 0.101. The molecule has 0 amide bonds. The molecule has 0 spiro atoms. The Hall–Kier alpha value is -1.07. The van der Waals surface area contributed by atoms with Gasteiger partial charge in [-0.25, -0.2) is 0 Å². The van der Waals surface area contributed by atoms with Crippen LogP contribution in [0.2, 0.25) is 0 Å². The Morgan fingerprint density at radius 3 is 3.00 bits per heavy atom. The molecule has 4 N–H and O–H groups in total. The molecule has 0 bridgehead atoms. The summed E-state index contributed by atoms with van der Waals surface area (Å²) in [5.41, 5.74) is 7.51. The molecular formula is C14H20BrN3O. The van der Waals surface area contributed by atoms with Gasteiger partial charge in [0.15, 0.2) is 0 Å². The predicted octanol–water partition coefficient (Wildman–Crippen LogP) is 2.47. The van der Waals surface area contributed by atoms with E-state index in [4.69, 9.17) is 16.2 Å². The van der Waals surface area contributed by atoms with E-state index in [1.54, 1.807) is 0 Å². The normalized spacial score (nSPS) is 18.8. The van der Waals surface area contributed by atoms with Crippen LogP contribution in [0.3, 0.4) is 0 Å². The van der Waals surface area contributed by atoms with Crippen molar-refractivity contribution in [2.75, 3.05) is 18.1 Å². The molecule has 1 aliphatic rings. The van der Waals surface area contributed by atoms with Gasteiger partial charge in [-0.15, -0.1) is 0 Å². The third kappa shape index (κ3) is 3.28. The van der Waals surface area contributed by atoms with E-state index >= 15 is 0 Å². The Kier molecular flexibility index (Phi) is 4.82. The molecule has 1 fully saturated rings. The monoisotopic (exact) mass is 325 g/mol. The third-order valence-electron chi connectivity index (χ3n) is 3.63. The highest BCUT2D eigenvalue weighted by molar-refractivity contribution is 9.10. The summed E-state index contributed by atoms with van der Waals surface area (Å²) in [5, 5.41) is 16.7. The lowest BCUT2D eigenvalue weighted by atomic mass is 10.1. The Labute approximate surface area is 122 Å². The number of nitrogens with two attached hydrogens (primary N) is 1. The van der Waals surface area contributed by atoms with Gasteiger partial charge in [0.05, 0.1) is 0 Å². The highest BCUT2D eigenvalue weighted by atomic mass is 79.9. The number of nitrogens with one attached hydrogen (secondary N) is 1. The maximum absolute atomic E-state index is 8.98. The molecule has 1 heterocycles. The summed E-state index contributed by atoms with van der Waals surface area (Å²) in [6.07, 6.45) is 4.12. The zero-order valence-corrected chi connectivity index (χ0v) is 12.5. The summed E-state index contributed by atoms with van der Waals surface area (Å²) in [4.78, 5) is 2.33. The SMILES string of the molecule is N=C(N)c1cc(Br)ccc1N1CCCC1CCCO. The van der Waals surface area contributed by atoms with E-state index in [-0.39, 0.29) is 12.4 Å². The summed E-state index contributed by atoms with van der Waals surface area (Å²) in [6, 6.07) is 6.37. The number of hydrogen-bond donors (Lipinski definition) is 3. The molecule has 0 radical (unpaired) electrons. The smallest absolute Gasteiger partial charge is 0.124 e. The number of rotatable bonds is 5. The van der Waals surface area contributed by atoms with Crippen molar-refractivity contribution >= 4 is 27.5 Å². The van der Waals surface area contributed by atoms with E-state index in [0.717, 1.165) is 48.0 Å². The van der Waals surface area contributed by atoms with Gasteiger partial charge in [0.25, 0.3) is 0 Å². The van der Waals surface area contributed by atoms with Crippen LogP contribution in [0, 0.1) is 5.41 Å². The third-order valence-corrected chi connectivity index (χ3v) is 4.12. The van der Waals surface area contributed by atoms with E-state index in [9.17, 15) is 0 Å². The van der Waals surface area contributed by atoms with E-state index < -0.39 is 0 Å². The number of aliphatic hydroxyl groups is 1. The largest absolute Gasteiger partial charge is 0.396 e. The van der Waals surface area contributed by atoms with Gasteiger partial charge in [-0.05, 0) is 43.9 Å². The fourth-order valence-electron chi connectivity index (χ4n) is 2.75. The van der Waals surface area contributed by atoms with Gasteiger partial charge < -0.3 is 15.7 Å². The van der Waals surface area contributed by atoms with Gasteiger partial charge in [0, 0.05) is 34.9 Å². The van der Waals surface area contributed by atoms with E-state index in [2.05, 4.69) is 20.8 Å². The molecule has 1 aromatic carbocycles. The second-order valence-corrected chi connectivity index (χ2v) is 5.85. The molecule has 1 saturated heterocycles. The molecule has 104 valence electrons. The fraction of sp³-hybridized carbons (Fsp3) is 0.500. The van der Waals surface area contributed by atoms with Crippen molar-refractivity contribution in [3.05, 3.63) is 28.2 Å². The first-order valence-electron chi connectivity index (χ1n) is 6.65. The van der Waals surface area contributed by atoms with Crippen LogP contribution in [-0.4, -0.2) is 30.1 Å². The molecule has 5 heteroatoms.